The summed E-state index contributed by atoms with van der Waals surface area (Å²) in [5.74, 6) is 1.40. The first-order chi connectivity index (χ1) is 15.1. The van der Waals surface area contributed by atoms with Gasteiger partial charge in [0.15, 0.2) is 0 Å². The van der Waals surface area contributed by atoms with E-state index in [-0.39, 0.29) is 11.3 Å². The van der Waals surface area contributed by atoms with Gasteiger partial charge in [0.1, 0.15) is 0 Å². The predicted octanol–water partition coefficient (Wildman–Crippen LogP) is 5.07. The highest BCUT2D eigenvalue weighted by Gasteiger charge is 2.45. The van der Waals surface area contributed by atoms with Crippen LogP contribution in [0.5, 0.6) is 0 Å². The molecule has 1 aliphatic carbocycles. The minimum Gasteiger partial charge on any atom is -0.342 e. The summed E-state index contributed by atoms with van der Waals surface area (Å²) in [5, 5.41) is 0. The topological polar surface area (TPSA) is 40.6 Å². The first kappa shape index (κ1) is 22.4. The Morgan fingerprint density at radius 2 is 1.65 bits per heavy atom. The van der Waals surface area contributed by atoms with Crippen molar-refractivity contribution < 1.29 is 9.59 Å². The van der Waals surface area contributed by atoms with E-state index in [0.29, 0.717) is 17.7 Å². The molecule has 0 bridgehead atoms. The van der Waals surface area contributed by atoms with E-state index >= 15 is 0 Å². The zero-order valence-corrected chi connectivity index (χ0v) is 19.4. The molecule has 0 spiro atoms. The third-order valence-corrected chi connectivity index (χ3v) is 8.33. The van der Waals surface area contributed by atoms with Crippen molar-refractivity contribution in [3.05, 3.63) is 35.9 Å². The van der Waals surface area contributed by atoms with Crippen molar-refractivity contribution in [2.75, 3.05) is 26.2 Å². The maximum atomic E-state index is 13.7. The molecule has 2 heterocycles. The van der Waals surface area contributed by atoms with Crippen LogP contribution in [0.1, 0.15) is 76.7 Å². The van der Waals surface area contributed by atoms with Crippen molar-refractivity contribution in [2.45, 2.75) is 77.6 Å². The molecule has 1 atom stereocenters. The lowest BCUT2D eigenvalue weighted by Crippen LogP contribution is -2.50. The van der Waals surface area contributed by atoms with Crippen LogP contribution in [-0.4, -0.2) is 47.8 Å². The molecule has 2 amide bonds. The van der Waals surface area contributed by atoms with Crippen LogP contribution in [0.4, 0.5) is 0 Å². The Labute approximate surface area is 188 Å². The number of carbonyl (C=O) groups is 2. The number of hydrogen-bond acceptors (Lipinski definition) is 2. The van der Waals surface area contributed by atoms with Crippen LogP contribution in [0.2, 0.25) is 0 Å². The molecular weight excluding hydrogens is 384 g/mol. The Bertz CT molecular complexity index is 735. The molecule has 4 heteroatoms. The fraction of sp³-hybridized carbons (Fsp3) is 0.704. The van der Waals surface area contributed by atoms with Gasteiger partial charge in [-0.15, -0.1) is 0 Å². The molecule has 3 aliphatic rings. The lowest BCUT2D eigenvalue weighted by Gasteiger charge is -2.43. The predicted molar refractivity (Wildman–Crippen MR) is 125 cm³/mol. The zero-order valence-electron chi connectivity index (χ0n) is 19.4. The Morgan fingerprint density at radius 3 is 2.35 bits per heavy atom. The average molecular weight is 425 g/mol. The zero-order chi connectivity index (χ0) is 21.7. The summed E-state index contributed by atoms with van der Waals surface area (Å²) in [6, 6.07) is 10.5. The maximum absolute atomic E-state index is 13.7. The number of amides is 2. The molecule has 0 aromatic heterocycles. The van der Waals surface area contributed by atoms with Crippen LogP contribution in [0.15, 0.2) is 30.3 Å². The van der Waals surface area contributed by atoms with E-state index in [9.17, 15) is 9.59 Å². The average Bonchev–Trinajstić information content (AvgIpc) is 2.97. The van der Waals surface area contributed by atoms with E-state index in [1.165, 1.54) is 24.8 Å². The Morgan fingerprint density at radius 1 is 0.935 bits per heavy atom. The highest BCUT2D eigenvalue weighted by molar-refractivity contribution is 5.83. The van der Waals surface area contributed by atoms with Crippen molar-refractivity contribution in [1.82, 2.24) is 9.80 Å². The van der Waals surface area contributed by atoms with E-state index < -0.39 is 0 Å². The van der Waals surface area contributed by atoms with Gasteiger partial charge in [0, 0.05) is 37.5 Å². The smallest absolute Gasteiger partial charge is 0.228 e. The van der Waals surface area contributed by atoms with Gasteiger partial charge in [-0.05, 0) is 56.4 Å². The van der Waals surface area contributed by atoms with Crippen molar-refractivity contribution >= 4 is 11.8 Å². The van der Waals surface area contributed by atoms with Gasteiger partial charge < -0.3 is 9.80 Å². The van der Waals surface area contributed by atoms with Gasteiger partial charge in [-0.1, -0.05) is 62.9 Å². The Balaban J connectivity index is 1.36. The van der Waals surface area contributed by atoms with Crippen LogP contribution in [0.25, 0.3) is 0 Å². The SMILES string of the molecule is C[C@@]1(C2CCN(C(=O)C3CCCCC3)CC2)CCCCN(CCc2ccccc2)C1=O. The van der Waals surface area contributed by atoms with Crippen molar-refractivity contribution in [3.63, 3.8) is 0 Å². The molecule has 170 valence electrons. The molecule has 2 saturated heterocycles. The summed E-state index contributed by atoms with van der Waals surface area (Å²) in [6.07, 6.45) is 12.0. The lowest BCUT2D eigenvalue weighted by atomic mass is 9.68. The number of hydrogen-bond donors (Lipinski definition) is 0. The number of nitrogens with zero attached hydrogens (tertiary/aromatic N) is 2. The molecule has 1 aromatic rings. The standard InChI is InChI=1S/C27H40N2O2/c1-27(24-15-20-28(21-16-24)25(30)23-12-6-3-7-13-23)17-8-9-18-29(26(27)31)19-14-22-10-4-2-5-11-22/h2,4-5,10-11,23-24H,3,6-9,12-21H2,1H3/t27-/m0/s1. The maximum Gasteiger partial charge on any atom is 0.228 e. The van der Waals surface area contributed by atoms with Crippen molar-refractivity contribution in [2.24, 2.45) is 17.3 Å². The lowest BCUT2D eigenvalue weighted by molar-refractivity contribution is -0.146. The monoisotopic (exact) mass is 424 g/mol. The third-order valence-electron chi connectivity index (χ3n) is 8.33. The highest BCUT2D eigenvalue weighted by Crippen LogP contribution is 2.43. The second-order valence-electron chi connectivity index (χ2n) is 10.3. The summed E-state index contributed by atoms with van der Waals surface area (Å²) >= 11 is 0. The van der Waals surface area contributed by atoms with Gasteiger partial charge in [-0.25, -0.2) is 0 Å². The summed E-state index contributed by atoms with van der Waals surface area (Å²) in [5.41, 5.74) is 1.03. The van der Waals surface area contributed by atoms with E-state index in [1.54, 1.807) is 0 Å². The fourth-order valence-electron chi connectivity index (χ4n) is 6.21. The minimum atomic E-state index is -0.271. The minimum absolute atomic E-state index is 0.258. The van der Waals surface area contributed by atoms with E-state index in [0.717, 1.165) is 77.5 Å². The second kappa shape index (κ2) is 10.2. The molecule has 2 aliphatic heterocycles. The Hall–Kier alpha value is -1.84. The molecule has 4 rings (SSSR count). The van der Waals surface area contributed by atoms with E-state index in [2.05, 4.69) is 41.0 Å². The highest BCUT2D eigenvalue weighted by atomic mass is 16.2. The number of rotatable bonds is 5. The van der Waals surface area contributed by atoms with Crippen molar-refractivity contribution in [1.29, 1.82) is 0 Å². The molecule has 31 heavy (non-hydrogen) atoms. The molecule has 0 unspecified atom stereocenters. The van der Waals surface area contributed by atoms with Crippen LogP contribution >= 0.6 is 0 Å². The van der Waals surface area contributed by atoms with Gasteiger partial charge in [0.25, 0.3) is 0 Å². The third kappa shape index (κ3) is 5.15. The van der Waals surface area contributed by atoms with Crippen LogP contribution in [0, 0.1) is 17.3 Å². The van der Waals surface area contributed by atoms with Gasteiger partial charge >= 0.3 is 0 Å². The number of likely N-dealkylation sites (tertiary alicyclic amines) is 2. The van der Waals surface area contributed by atoms with Gasteiger partial charge in [0.05, 0.1) is 0 Å². The first-order valence-corrected chi connectivity index (χ1v) is 12.7. The van der Waals surface area contributed by atoms with Gasteiger partial charge in [0.2, 0.25) is 11.8 Å². The quantitative estimate of drug-likeness (QED) is 0.662. The molecule has 3 fully saturated rings. The fourth-order valence-corrected chi connectivity index (χ4v) is 6.21. The second-order valence-corrected chi connectivity index (χ2v) is 10.3. The summed E-state index contributed by atoms with van der Waals surface area (Å²) in [6.45, 7) is 5.61. The van der Waals surface area contributed by atoms with E-state index in [4.69, 9.17) is 0 Å². The summed E-state index contributed by atoms with van der Waals surface area (Å²) in [7, 11) is 0. The molecule has 4 nitrogen and oxygen atoms in total. The molecule has 0 N–H and O–H groups in total. The number of carbonyl (C=O) groups excluding carboxylic acids is 2. The van der Waals surface area contributed by atoms with Crippen LogP contribution in [-0.2, 0) is 16.0 Å². The summed E-state index contributed by atoms with van der Waals surface area (Å²) in [4.78, 5) is 30.9. The normalized spacial score (nSPS) is 26.7. The molecule has 1 saturated carbocycles. The summed E-state index contributed by atoms with van der Waals surface area (Å²) < 4.78 is 0. The number of benzene rings is 1. The number of piperidine rings is 1. The van der Waals surface area contributed by atoms with Gasteiger partial charge in [-0.2, -0.15) is 0 Å². The van der Waals surface area contributed by atoms with Crippen LogP contribution < -0.4 is 0 Å². The van der Waals surface area contributed by atoms with E-state index in [1.807, 2.05) is 6.07 Å². The first-order valence-electron chi connectivity index (χ1n) is 12.7. The molecule has 0 radical (unpaired) electrons. The van der Waals surface area contributed by atoms with Gasteiger partial charge in [-0.3, -0.25) is 9.59 Å². The molecular formula is C27H40N2O2. The largest absolute Gasteiger partial charge is 0.342 e. The van der Waals surface area contributed by atoms with Crippen molar-refractivity contribution in [3.8, 4) is 0 Å². The Kier molecular flexibility index (Phi) is 7.35. The molecule has 1 aromatic carbocycles. The van der Waals surface area contributed by atoms with Crippen LogP contribution in [0.3, 0.4) is 0 Å².